The number of carbonyl (C=O) groups is 1. The van der Waals surface area contributed by atoms with Crippen molar-refractivity contribution in [3.05, 3.63) is 34.9 Å². The summed E-state index contributed by atoms with van der Waals surface area (Å²) in [5.41, 5.74) is 3.19. The number of carbonyl (C=O) groups excluding carboxylic acids is 1. The predicted octanol–water partition coefficient (Wildman–Crippen LogP) is 2.66. The van der Waals surface area contributed by atoms with Crippen LogP contribution in [-0.2, 0) is 0 Å². The van der Waals surface area contributed by atoms with Crippen LogP contribution in [0.4, 0.5) is 0 Å². The summed E-state index contributed by atoms with van der Waals surface area (Å²) in [7, 11) is 0. The van der Waals surface area contributed by atoms with Crippen molar-refractivity contribution in [1.29, 1.82) is 0 Å². The molecule has 3 nitrogen and oxygen atoms in total. The molecule has 2 saturated heterocycles. The van der Waals surface area contributed by atoms with E-state index in [2.05, 4.69) is 30.1 Å². The number of hydrogen-bond donors (Lipinski definition) is 1. The SMILES string of the molecule is Cc1cc(C)cc(C(=O)N2CCCC2C2CCCN2)c1. The van der Waals surface area contributed by atoms with E-state index in [9.17, 15) is 4.79 Å². The van der Waals surface area contributed by atoms with Gasteiger partial charge in [0.1, 0.15) is 0 Å². The molecule has 0 aliphatic carbocycles. The number of rotatable bonds is 2. The normalized spacial score (nSPS) is 26.2. The summed E-state index contributed by atoms with van der Waals surface area (Å²) < 4.78 is 0. The third-order valence-corrected chi connectivity index (χ3v) is 4.59. The van der Waals surface area contributed by atoms with Crippen molar-refractivity contribution >= 4 is 5.91 Å². The van der Waals surface area contributed by atoms with E-state index in [1.54, 1.807) is 0 Å². The average molecular weight is 272 g/mol. The molecule has 1 N–H and O–H groups in total. The van der Waals surface area contributed by atoms with Gasteiger partial charge in [-0.1, -0.05) is 17.2 Å². The summed E-state index contributed by atoms with van der Waals surface area (Å²) in [5, 5.41) is 3.56. The van der Waals surface area contributed by atoms with Crippen molar-refractivity contribution in [2.45, 2.75) is 51.6 Å². The van der Waals surface area contributed by atoms with E-state index < -0.39 is 0 Å². The largest absolute Gasteiger partial charge is 0.334 e. The van der Waals surface area contributed by atoms with Crippen molar-refractivity contribution in [1.82, 2.24) is 10.2 Å². The van der Waals surface area contributed by atoms with Gasteiger partial charge in [-0.05, 0) is 58.2 Å². The van der Waals surface area contributed by atoms with Gasteiger partial charge in [-0.25, -0.2) is 0 Å². The van der Waals surface area contributed by atoms with Gasteiger partial charge in [0.25, 0.3) is 5.91 Å². The number of hydrogen-bond acceptors (Lipinski definition) is 2. The van der Waals surface area contributed by atoms with Crippen molar-refractivity contribution in [3.63, 3.8) is 0 Å². The van der Waals surface area contributed by atoms with Crippen LogP contribution >= 0.6 is 0 Å². The number of nitrogens with one attached hydrogen (secondary N) is 1. The number of benzene rings is 1. The van der Waals surface area contributed by atoms with Gasteiger partial charge in [0.2, 0.25) is 0 Å². The van der Waals surface area contributed by atoms with E-state index in [0.29, 0.717) is 12.1 Å². The van der Waals surface area contributed by atoms with Gasteiger partial charge in [-0.15, -0.1) is 0 Å². The molecule has 0 spiro atoms. The lowest BCUT2D eigenvalue weighted by Gasteiger charge is -2.29. The summed E-state index contributed by atoms with van der Waals surface area (Å²) >= 11 is 0. The zero-order valence-corrected chi connectivity index (χ0v) is 12.5. The fourth-order valence-electron chi connectivity index (χ4n) is 3.77. The van der Waals surface area contributed by atoms with Crippen LogP contribution in [0.5, 0.6) is 0 Å². The highest BCUT2D eigenvalue weighted by molar-refractivity contribution is 5.95. The summed E-state index contributed by atoms with van der Waals surface area (Å²) in [4.78, 5) is 14.9. The first kappa shape index (κ1) is 13.6. The highest BCUT2D eigenvalue weighted by atomic mass is 16.2. The number of amides is 1. The molecule has 3 rings (SSSR count). The average Bonchev–Trinajstić information content (AvgIpc) is 3.07. The number of nitrogens with zero attached hydrogens (tertiary/aromatic N) is 1. The van der Waals surface area contributed by atoms with Crippen molar-refractivity contribution in [2.75, 3.05) is 13.1 Å². The van der Waals surface area contributed by atoms with Gasteiger partial charge in [0.15, 0.2) is 0 Å². The third kappa shape index (κ3) is 2.59. The van der Waals surface area contributed by atoms with Crippen molar-refractivity contribution < 1.29 is 4.79 Å². The van der Waals surface area contributed by atoms with Gasteiger partial charge in [0.05, 0.1) is 0 Å². The monoisotopic (exact) mass is 272 g/mol. The summed E-state index contributed by atoms with van der Waals surface area (Å²) in [6, 6.07) is 7.06. The Bertz CT molecular complexity index is 485. The highest BCUT2D eigenvalue weighted by Crippen LogP contribution is 2.26. The Labute approximate surface area is 121 Å². The first-order valence-corrected chi connectivity index (χ1v) is 7.78. The summed E-state index contributed by atoms with van der Waals surface area (Å²) in [5.74, 6) is 0.216. The zero-order valence-electron chi connectivity index (χ0n) is 12.5. The minimum atomic E-state index is 0.216. The Balaban J connectivity index is 1.81. The first-order chi connectivity index (χ1) is 9.65. The Morgan fingerprint density at radius 3 is 2.55 bits per heavy atom. The smallest absolute Gasteiger partial charge is 0.254 e. The van der Waals surface area contributed by atoms with Gasteiger partial charge in [-0.3, -0.25) is 4.79 Å². The molecule has 2 aliphatic heterocycles. The van der Waals surface area contributed by atoms with Crippen LogP contribution in [0.25, 0.3) is 0 Å². The van der Waals surface area contributed by atoms with Crippen LogP contribution < -0.4 is 5.32 Å². The van der Waals surface area contributed by atoms with Crippen LogP contribution in [0, 0.1) is 13.8 Å². The van der Waals surface area contributed by atoms with Gasteiger partial charge >= 0.3 is 0 Å². The molecule has 1 amide bonds. The maximum atomic E-state index is 12.8. The fourth-order valence-corrected chi connectivity index (χ4v) is 3.77. The molecule has 2 fully saturated rings. The maximum absolute atomic E-state index is 12.8. The minimum Gasteiger partial charge on any atom is -0.334 e. The zero-order chi connectivity index (χ0) is 14.1. The molecule has 2 heterocycles. The number of aryl methyl sites for hydroxylation is 2. The van der Waals surface area contributed by atoms with Crippen LogP contribution in [0.2, 0.25) is 0 Å². The molecule has 0 aromatic heterocycles. The van der Waals surface area contributed by atoms with E-state index in [-0.39, 0.29) is 5.91 Å². The second-order valence-corrected chi connectivity index (χ2v) is 6.29. The number of likely N-dealkylation sites (tertiary alicyclic amines) is 1. The van der Waals surface area contributed by atoms with Gasteiger partial charge in [-0.2, -0.15) is 0 Å². The molecule has 108 valence electrons. The second kappa shape index (κ2) is 5.57. The topological polar surface area (TPSA) is 32.3 Å². The molecule has 2 aliphatic rings. The molecule has 1 aromatic carbocycles. The Hall–Kier alpha value is -1.35. The van der Waals surface area contributed by atoms with Crippen molar-refractivity contribution in [3.8, 4) is 0 Å². The molecule has 2 atom stereocenters. The first-order valence-electron chi connectivity index (χ1n) is 7.78. The van der Waals surface area contributed by atoms with E-state index in [0.717, 1.165) is 31.5 Å². The van der Waals surface area contributed by atoms with Crippen LogP contribution in [0.1, 0.15) is 47.2 Å². The van der Waals surface area contributed by atoms with E-state index >= 15 is 0 Å². The molecule has 0 bridgehead atoms. The fraction of sp³-hybridized carbons (Fsp3) is 0.588. The molecular formula is C17H24N2O. The van der Waals surface area contributed by atoms with Crippen molar-refractivity contribution in [2.24, 2.45) is 0 Å². The molecule has 2 unspecified atom stereocenters. The maximum Gasteiger partial charge on any atom is 0.254 e. The van der Waals surface area contributed by atoms with E-state index in [1.807, 2.05) is 12.1 Å². The Morgan fingerprint density at radius 2 is 1.90 bits per heavy atom. The third-order valence-electron chi connectivity index (χ3n) is 4.59. The molecule has 20 heavy (non-hydrogen) atoms. The van der Waals surface area contributed by atoms with Crippen LogP contribution in [0.3, 0.4) is 0 Å². The van der Waals surface area contributed by atoms with E-state index in [4.69, 9.17) is 0 Å². The molecule has 3 heteroatoms. The molecular weight excluding hydrogens is 248 g/mol. The van der Waals surface area contributed by atoms with Crippen LogP contribution in [-0.4, -0.2) is 36.0 Å². The summed E-state index contributed by atoms with van der Waals surface area (Å²) in [6.45, 7) is 6.13. The Kier molecular flexibility index (Phi) is 3.79. The quantitative estimate of drug-likeness (QED) is 0.897. The second-order valence-electron chi connectivity index (χ2n) is 6.29. The lowest BCUT2D eigenvalue weighted by Crippen LogP contribution is -2.46. The molecule has 1 aromatic rings. The Morgan fingerprint density at radius 1 is 1.15 bits per heavy atom. The van der Waals surface area contributed by atoms with E-state index in [1.165, 1.54) is 24.0 Å². The van der Waals surface area contributed by atoms with Gasteiger partial charge < -0.3 is 10.2 Å². The lowest BCUT2D eigenvalue weighted by molar-refractivity contribution is 0.0711. The lowest BCUT2D eigenvalue weighted by atomic mass is 10.0. The summed E-state index contributed by atoms with van der Waals surface area (Å²) in [6.07, 6.45) is 4.74. The predicted molar refractivity (Wildman–Crippen MR) is 81.0 cm³/mol. The minimum absolute atomic E-state index is 0.216. The highest BCUT2D eigenvalue weighted by Gasteiger charge is 2.36. The molecule has 0 radical (unpaired) electrons. The molecule has 0 saturated carbocycles. The van der Waals surface area contributed by atoms with Gasteiger partial charge in [0, 0.05) is 24.2 Å². The van der Waals surface area contributed by atoms with Crippen LogP contribution in [0.15, 0.2) is 18.2 Å². The standard InChI is InChI=1S/C17H24N2O/c1-12-9-13(2)11-14(10-12)17(20)19-8-4-6-16(19)15-5-3-7-18-15/h9-11,15-16,18H,3-8H2,1-2H3.